The predicted molar refractivity (Wildman–Crippen MR) is 45.8 cm³/mol. The average molecular weight is 168 g/mol. The van der Waals surface area contributed by atoms with E-state index in [0.29, 0.717) is 5.88 Å². The lowest BCUT2D eigenvalue weighted by atomic mass is 10.1. The van der Waals surface area contributed by atoms with Crippen LogP contribution >= 0.6 is 0 Å². The van der Waals surface area contributed by atoms with Crippen molar-refractivity contribution in [1.82, 2.24) is 4.90 Å². The van der Waals surface area contributed by atoms with Crippen molar-refractivity contribution in [2.24, 2.45) is 4.99 Å². The molecular formula is C8H12N2O2. The summed E-state index contributed by atoms with van der Waals surface area (Å²) in [6.07, 6.45) is 3.28. The van der Waals surface area contributed by atoms with Gasteiger partial charge in [-0.2, -0.15) is 0 Å². The lowest BCUT2D eigenvalue weighted by Gasteiger charge is -2.24. The normalized spacial score (nSPS) is 22.1. The fraction of sp³-hybridized carbons (Fsp3) is 0.500. The molecule has 0 N–H and O–H groups in total. The number of hydrogen-bond donors (Lipinski definition) is 0. The Hall–Kier alpha value is -1.32. The first-order valence-electron chi connectivity index (χ1n) is 3.67. The molecule has 1 rings (SSSR count). The van der Waals surface area contributed by atoms with Gasteiger partial charge in [-0.3, -0.25) is 4.79 Å². The van der Waals surface area contributed by atoms with Crippen LogP contribution in [0.2, 0.25) is 0 Å². The fourth-order valence-electron chi connectivity index (χ4n) is 1.04. The van der Waals surface area contributed by atoms with Gasteiger partial charge in [0.15, 0.2) is 5.78 Å². The van der Waals surface area contributed by atoms with Gasteiger partial charge in [-0.15, -0.1) is 0 Å². The van der Waals surface area contributed by atoms with Crippen molar-refractivity contribution in [3.8, 4) is 0 Å². The minimum absolute atomic E-state index is 0.0817. The van der Waals surface area contributed by atoms with Crippen LogP contribution in [0.3, 0.4) is 0 Å². The van der Waals surface area contributed by atoms with Crippen molar-refractivity contribution in [1.29, 1.82) is 0 Å². The molecule has 0 bridgehead atoms. The molecule has 1 heterocycles. The van der Waals surface area contributed by atoms with Crippen LogP contribution < -0.4 is 0 Å². The molecule has 1 atom stereocenters. The standard InChI is InChI=1S/C8H12N2O2/c1-6(11)7-4-8(12-3)9-5-10(7)2/h4-5,7H,1-3H3. The number of hydrogen-bond acceptors (Lipinski definition) is 4. The van der Waals surface area contributed by atoms with E-state index in [4.69, 9.17) is 4.74 Å². The number of carbonyl (C=O) groups excluding carboxylic acids is 1. The summed E-state index contributed by atoms with van der Waals surface area (Å²) in [5.41, 5.74) is 0. The van der Waals surface area contributed by atoms with Gasteiger partial charge < -0.3 is 9.64 Å². The third-order valence-electron chi connectivity index (χ3n) is 1.73. The molecule has 66 valence electrons. The quantitative estimate of drug-likeness (QED) is 0.599. The average Bonchev–Trinajstić information content (AvgIpc) is 2.05. The third kappa shape index (κ3) is 1.64. The Kier molecular flexibility index (Phi) is 2.47. The maximum atomic E-state index is 11.1. The highest BCUT2D eigenvalue weighted by Gasteiger charge is 2.19. The topological polar surface area (TPSA) is 41.9 Å². The maximum absolute atomic E-state index is 11.1. The maximum Gasteiger partial charge on any atom is 0.212 e. The van der Waals surface area contributed by atoms with Gasteiger partial charge in [-0.1, -0.05) is 0 Å². The third-order valence-corrected chi connectivity index (χ3v) is 1.73. The zero-order chi connectivity index (χ0) is 9.14. The minimum Gasteiger partial charge on any atom is -0.481 e. The number of ether oxygens (including phenoxy) is 1. The Labute approximate surface area is 71.5 Å². The van der Waals surface area contributed by atoms with Crippen LogP contribution in [-0.4, -0.2) is 37.2 Å². The fourth-order valence-corrected chi connectivity index (χ4v) is 1.04. The van der Waals surface area contributed by atoms with Crippen LogP contribution in [0.15, 0.2) is 17.0 Å². The lowest BCUT2D eigenvalue weighted by Crippen LogP contribution is -2.36. The molecule has 0 spiro atoms. The Balaban J connectivity index is 2.81. The molecule has 0 aromatic carbocycles. The van der Waals surface area contributed by atoms with Crippen molar-refractivity contribution in [2.45, 2.75) is 13.0 Å². The number of carbonyl (C=O) groups is 1. The molecule has 1 unspecified atom stereocenters. The van der Waals surface area contributed by atoms with Gasteiger partial charge in [-0.05, 0) is 6.92 Å². The highest BCUT2D eigenvalue weighted by Crippen LogP contribution is 2.09. The van der Waals surface area contributed by atoms with Gasteiger partial charge in [0.1, 0.15) is 6.04 Å². The Morgan fingerprint density at radius 3 is 2.92 bits per heavy atom. The molecule has 0 aliphatic carbocycles. The zero-order valence-electron chi connectivity index (χ0n) is 7.44. The van der Waals surface area contributed by atoms with Crippen LogP contribution in [0.5, 0.6) is 0 Å². The summed E-state index contributed by atoms with van der Waals surface area (Å²) in [5.74, 6) is 0.575. The number of Topliss-reactive ketones (excluding diaryl/α,β-unsaturated/α-hetero) is 1. The van der Waals surface area contributed by atoms with E-state index in [1.54, 1.807) is 31.3 Å². The van der Waals surface area contributed by atoms with Crippen molar-refractivity contribution < 1.29 is 9.53 Å². The van der Waals surface area contributed by atoms with Crippen molar-refractivity contribution in [2.75, 3.05) is 14.2 Å². The Morgan fingerprint density at radius 2 is 2.42 bits per heavy atom. The van der Waals surface area contributed by atoms with E-state index in [1.165, 1.54) is 7.11 Å². The highest BCUT2D eigenvalue weighted by atomic mass is 16.5. The summed E-state index contributed by atoms with van der Waals surface area (Å²) < 4.78 is 4.90. The summed E-state index contributed by atoms with van der Waals surface area (Å²) in [4.78, 5) is 16.8. The van der Waals surface area contributed by atoms with Gasteiger partial charge in [0.2, 0.25) is 5.88 Å². The summed E-state index contributed by atoms with van der Waals surface area (Å²) in [6.45, 7) is 1.55. The molecule has 0 saturated carbocycles. The molecule has 0 aromatic rings. The zero-order valence-corrected chi connectivity index (χ0v) is 7.44. The summed E-state index contributed by atoms with van der Waals surface area (Å²) in [5, 5.41) is 0. The molecule has 0 aromatic heterocycles. The SMILES string of the molecule is COC1=CC(C(C)=O)N(C)C=N1. The molecule has 0 saturated heterocycles. The molecule has 1 aliphatic rings. The molecule has 0 fully saturated rings. The van der Waals surface area contributed by atoms with E-state index in [2.05, 4.69) is 4.99 Å². The van der Waals surface area contributed by atoms with E-state index in [-0.39, 0.29) is 11.8 Å². The minimum atomic E-state index is -0.238. The van der Waals surface area contributed by atoms with Crippen LogP contribution in [0, 0.1) is 0 Å². The van der Waals surface area contributed by atoms with E-state index in [9.17, 15) is 4.79 Å². The van der Waals surface area contributed by atoms with E-state index >= 15 is 0 Å². The van der Waals surface area contributed by atoms with Gasteiger partial charge in [0, 0.05) is 13.1 Å². The summed E-state index contributed by atoms with van der Waals surface area (Å²) >= 11 is 0. The molecule has 0 amide bonds. The number of likely N-dealkylation sites (N-methyl/N-ethyl adjacent to an activating group) is 1. The first kappa shape index (κ1) is 8.77. The molecule has 4 nitrogen and oxygen atoms in total. The van der Waals surface area contributed by atoms with Crippen molar-refractivity contribution >= 4 is 12.1 Å². The first-order valence-corrected chi connectivity index (χ1v) is 3.67. The van der Waals surface area contributed by atoms with Crippen LogP contribution in [0.1, 0.15) is 6.92 Å². The molecular weight excluding hydrogens is 156 g/mol. The van der Waals surface area contributed by atoms with Crippen molar-refractivity contribution in [3.05, 3.63) is 12.0 Å². The second-order valence-corrected chi connectivity index (χ2v) is 2.67. The smallest absolute Gasteiger partial charge is 0.212 e. The molecule has 12 heavy (non-hydrogen) atoms. The second kappa shape index (κ2) is 3.38. The van der Waals surface area contributed by atoms with Gasteiger partial charge >= 0.3 is 0 Å². The lowest BCUT2D eigenvalue weighted by molar-refractivity contribution is -0.119. The van der Waals surface area contributed by atoms with Gasteiger partial charge in [-0.25, -0.2) is 4.99 Å². The van der Waals surface area contributed by atoms with Crippen LogP contribution in [0.25, 0.3) is 0 Å². The monoisotopic (exact) mass is 168 g/mol. The van der Waals surface area contributed by atoms with Gasteiger partial charge in [0.05, 0.1) is 13.4 Å². The summed E-state index contributed by atoms with van der Waals surface area (Å²) in [6, 6.07) is -0.238. The van der Waals surface area contributed by atoms with Crippen LogP contribution in [-0.2, 0) is 9.53 Å². The first-order chi connectivity index (χ1) is 5.65. The number of methoxy groups -OCH3 is 1. The van der Waals surface area contributed by atoms with E-state index in [1.807, 2.05) is 0 Å². The number of rotatable bonds is 2. The van der Waals surface area contributed by atoms with Gasteiger partial charge in [0.25, 0.3) is 0 Å². The number of ketones is 1. The Morgan fingerprint density at radius 1 is 1.75 bits per heavy atom. The largest absolute Gasteiger partial charge is 0.481 e. The van der Waals surface area contributed by atoms with E-state index in [0.717, 1.165) is 0 Å². The van der Waals surface area contributed by atoms with E-state index < -0.39 is 0 Å². The van der Waals surface area contributed by atoms with Crippen LogP contribution in [0.4, 0.5) is 0 Å². The number of nitrogens with zero attached hydrogens (tertiary/aromatic N) is 2. The molecule has 1 aliphatic heterocycles. The predicted octanol–water partition coefficient (Wildman–Crippen LogP) is 0.405. The highest BCUT2D eigenvalue weighted by molar-refractivity contribution is 5.86. The molecule has 0 radical (unpaired) electrons. The molecule has 4 heteroatoms. The summed E-state index contributed by atoms with van der Waals surface area (Å²) in [7, 11) is 3.34. The van der Waals surface area contributed by atoms with Crippen molar-refractivity contribution in [3.63, 3.8) is 0 Å². The Bertz CT molecular complexity index is 245. The number of aliphatic imine (C=N–C) groups is 1. The second-order valence-electron chi connectivity index (χ2n) is 2.67.